The molecule has 1 aliphatic rings. The molecule has 1 amide bonds. The number of carbonyl (C=O) groups excluding carboxylic acids is 1. The second kappa shape index (κ2) is 8.40. The minimum Gasteiger partial charge on any atom is -0.481 e. The van der Waals surface area contributed by atoms with E-state index in [1.54, 1.807) is 0 Å². The van der Waals surface area contributed by atoms with Gasteiger partial charge in [-0.2, -0.15) is 0 Å². The average Bonchev–Trinajstić information content (AvgIpc) is 2.48. The molecule has 1 heterocycles. The smallest absolute Gasteiger partial charge is 0.311 e. The van der Waals surface area contributed by atoms with Gasteiger partial charge in [-0.3, -0.25) is 9.59 Å². The highest BCUT2D eigenvalue weighted by Crippen LogP contribution is 2.36. The lowest BCUT2D eigenvalue weighted by molar-refractivity contribution is -0.156. The van der Waals surface area contributed by atoms with Crippen LogP contribution >= 0.6 is 0 Å². The molecular formula is C17H31NO3. The van der Waals surface area contributed by atoms with Crippen LogP contribution in [-0.4, -0.2) is 35.0 Å². The van der Waals surface area contributed by atoms with Crippen LogP contribution in [0.1, 0.15) is 72.1 Å². The fourth-order valence-electron chi connectivity index (χ4n) is 3.49. The van der Waals surface area contributed by atoms with Crippen molar-refractivity contribution in [1.29, 1.82) is 0 Å². The molecule has 0 aromatic rings. The first kappa shape index (κ1) is 18.0. The molecule has 2 unspecified atom stereocenters. The highest BCUT2D eigenvalue weighted by molar-refractivity contribution is 5.81. The van der Waals surface area contributed by atoms with Crippen LogP contribution in [-0.2, 0) is 9.59 Å². The van der Waals surface area contributed by atoms with Gasteiger partial charge in [-0.1, -0.05) is 40.0 Å². The van der Waals surface area contributed by atoms with Gasteiger partial charge in [0.05, 0.1) is 5.41 Å². The summed E-state index contributed by atoms with van der Waals surface area (Å²) in [5.41, 5.74) is -0.717. The number of carbonyl (C=O) groups is 2. The number of aliphatic carboxylic acids is 1. The van der Waals surface area contributed by atoms with Gasteiger partial charge < -0.3 is 10.0 Å². The fraction of sp³-hybridized carbons (Fsp3) is 0.882. The van der Waals surface area contributed by atoms with Gasteiger partial charge in [0.25, 0.3) is 0 Å². The van der Waals surface area contributed by atoms with Crippen LogP contribution in [0, 0.1) is 11.3 Å². The Bertz CT molecular complexity index is 352. The van der Waals surface area contributed by atoms with Gasteiger partial charge in [-0.15, -0.1) is 0 Å². The van der Waals surface area contributed by atoms with Crippen molar-refractivity contribution in [2.24, 2.45) is 11.3 Å². The Balaban J connectivity index is 2.77. The van der Waals surface area contributed by atoms with Crippen LogP contribution in [0.2, 0.25) is 0 Å². The molecule has 0 bridgehead atoms. The van der Waals surface area contributed by atoms with Crippen LogP contribution in [0.4, 0.5) is 0 Å². The Kier molecular flexibility index (Phi) is 7.20. The third-order valence-corrected chi connectivity index (χ3v) is 4.82. The summed E-state index contributed by atoms with van der Waals surface area (Å²) < 4.78 is 0. The van der Waals surface area contributed by atoms with Crippen LogP contribution in [0.25, 0.3) is 0 Å². The lowest BCUT2D eigenvalue weighted by Gasteiger charge is -2.41. The van der Waals surface area contributed by atoms with E-state index in [0.717, 1.165) is 45.1 Å². The number of amides is 1. The summed E-state index contributed by atoms with van der Waals surface area (Å²) in [6.07, 6.45) is 6.96. The number of carboxylic acids is 1. The van der Waals surface area contributed by atoms with E-state index in [2.05, 4.69) is 13.8 Å². The van der Waals surface area contributed by atoms with Gasteiger partial charge in [-0.25, -0.2) is 0 Å². The van der Waals surface area contributed by atoms with Crippen molar-refractivity contribution in [3.8, 4) is 0 Å². The molecule has 21 heavy (non-hydrogen) atoms. The van der Waals surface area contributed by atoms with E-state index in [0.29, 0.717) is 19.4 Å². The first-order chi connectivity index (χ1) is 10.0. The second-order valence-electron chi connectivity index (χ2n) is 6.45. The summed E-state index contributed by atoms with van der Waals surface area (Å²) >= 11 is 0. The number of carboxylic acid groups (broad SMARTS) is 1. The van der Waals surface area contributed by atoms with E-state index in [1.807, 2.05) is 11.8 Å². The van der Waals surface area contributed by atoms with E-state index >= 15 is 0 Å². The predicted octanol–water partition coefficient (Wildman–Crippen LogP) is 3.70. The van der Waals surface area contributed by atoms with Gasteiger partial charge in [-0.05, 0) is 32.1 Å². The number of hydrogen-bond acceptors (Lipinski definition) is 2. The van der Waals surface area contributed by atoms with E-state index < -0.39 is 11.4 Å². The van der Waals surface area contributed by atoms with E-state index in [9.17, 15) is 14.7 Å². The zero-order valence-electron chi connectivity index (χ0n) is 13.9. The number of rotatable bonds is 8. The Morgan fingerprint density at radius 1 is 1.24 bits per heavy atom. The molecule has 0 aromatic heterocycles. The summed E-state index contributed by atoms with van der Waals surface area (Å²) in [4.78, 5) is 26.2. The molecule has 2 atom stereocenters. The molecule has 0 aromatic carbocycles. The molecule has 4 heteroatoms. The summed E-state index contributed by atoms with van der Waals surface area (Å²) in [5, 5.41) is 9.62. The lowest BCUT2D eigenvalue weighted by atomic mass is 9.76. The Morgan fingerprint density at radius 2 is 1.95 bits per heavy atom. The van der Waals surface area contributed by atoms with Crippen molar-refractivity contribution in [1.82, 2.24) is 4.90 Å². The monoisotopic (exact) mass is 297 g/mol. The number of hydrogen-bond donors (Lipinski definition) is 1. The Morgan fingerprint density at radius 3 is 2.48 bits per heavy atom. The topological polar surface area (TPSA) is 57.6 Å². The normalized spacial score (nSPS) is 23.9. The SMILES string of the molecule is CCCCC(CC)C(=O)N1CCCC(CCC)(C(=O)O)C1. The number of unbranched alkanes of at least 4 members (excludes halogenated alkanes) is 1. The van der Waals surface area contributed by atoms with Crippen LogP contribution in [0.5, 0.6) is 0 Å². The summed E-state index contributed by atoms with van der Waals surface area (Å²) in [7, 11) is 0. The highest BCUT2D eigenvalue weighted by Gasteiger charge is 2.43. The van der Waals surface area contributed by atoms with E-state index in [1.165, 1.54) is 0 Å². The molecule has 0 saturated carbocycles. The maximum Gasteiger partial charge on any atom is 0.311 e. The molecule has 1 rings (SSSR count). The molecule has 0 spiro atoms. The van der Waals surface area contributed by atoms with Gasteiger partial charge in [0.15, 0.2) is 0 Å². The minimum absolute atomic E-state index is 0.0659. The largest absolute Gasteiger partial charge is 0.481 e. The van der Waals surface area contributed by atoms with Gasteiger partial charge in [0.1, 0.15) is 0 Å². The van der Waals surface area contributed by atoms with E-state index in [-0.39, 0.29) is 11.8 Å². The van der Waals surface area contributed by atoms with Gasteiger partial charge in [0.2, 0.25) is 5.91 Å². The maximum atomic E-state index is 12.7. The number of piperidine rings is 1. The molecule has 4 nitrogen and oxygen atoms in total. The number of likely N-dealkylation sites (tertiary alicyclic amines) is 1. The Labute approximate surface area is 128 Å². The molecule has 122 valence electrons. The molecule has 1 saturated heterocycles. The third-order valence-electron chi connectivity index (χ3n) is 4.82. The zero-order valence-corrected chi connectivity index (χ0v) is 13.9. The summed E-state index contributed by atoms with van der Waals surface area (Å²) in [6, 6.07) is 0. The molecule has 1 aliphatic heterocycles. The van der Waals surface area contributed by atoms with Gasteiger partial charge >= 0.3 is 5.97 Å². The van der Waals surface area contributed by atoms with Crippen molar-refractivity contribution < 1.29 is 14.7 Å². The van der Waals surface area contributed by atoms with Crippen LogP contribution in [0.15, 0.2) is 0 Å². The molecule has 1 fully saturated rings. The highest BCUT2D eigenvalue weighted by atomic mass is 16.4. The number of nitrogens with zero attached hydrogens (tertiary/aromatic N) is 1. The average molecular weight is 297 g/mol. The predicted molar refractivity (Wildman–Crippen MR) is 84.1 cm³/mol. The summed E-state index contributed by atoms with van der Waals surface area (Å²) in [5.74, 6) is -0.494. The molecule has 0 aliphatic carbocycles. The Hall–Kier alpha value is -1.06. The van der Waals surface area contributed by atoms with Crippen molar-refractivity contribution in [2.45, 2.75) is 72.1 Å². The van der Waals surface area contributed by atoms with Gasteiger partial charge in [0, 0.05) is 19.0 Å². The fourth-order valence-corrected chi connectivity index (χ4v) is 3.49. The third kappa shape index (κ3) is 4.45. The van der Waals surface area contributed by atoms with Crippen LogP contribution < -0.4 is 0 Å². The molecular weight excluding hydrogens is 266 g/mol. The van der Waals surface area contributed by atoms with Crippen LogP contribution in [0.3, 0.4) is 0 Å². The first-order valence-corrected chi connectivity index (χ1v) is 8.53. The quantitative estimate of drug-likeness (QED) is 0.743. The molecule has 0 radical (unpaired) electrons. The summed E-state index contributed by atoms with van der Waals surface area (Å²) in [6.45, 7) is 7.33. The lowest BCUT2D eigenvalue weighted by Crippen LogP contribution is -2.51. The van der Waals surface area contributed by atoms with Crippen molar-refractivity contribution in [2.75, 3.05) is 13.1 Å². The standard InChI is InChI=1S/C17H31NO3/c1-4-7-9-14(6-3)15(19)18-12-8-11-17(13-18,10-5-2)16(20)21/h14H,4-13H2,1-3H3,(H,20,21). The maximum absolute atomic E-state index is 12.7. The van der Waals surface area contributed by atoms with Crippen molar-refractivity contribution in [3.05, 3.63) is 0 Å². The second-order valence-corrected chi connectivity index (χ2v) is 6.45. The first-order valence-electron chi connectivity index (χ1n) is 8.53. The van der Waals surface area contributed by atoms with Crippen molar-refractivity contribution in [3.63, 3.8) is 0 Å². The van der Waals surface area contributed by atoms with E-state index in [4.69, 9.17) is 0 Å². The molecule has 1 N–H and O–H groups in total. The van der Waals surface area contributed by atoms with Crippen molar-refractivity contribution >= 4 is 11.9 Å². The minimum atomic E-state index is -0.733. The zero-order chi connectivity index (χ0) is 15.9.